The number of hydrogen-bond donors (Lipinski definition) is 1. The fourth-order valence-electron chi connectivity index (χ4n) is 2.18. The summed E-state index contributed by atoms with van der Waals surface area (Å²) in [5, 5.41) is 3.28. The van der Waals surface area contributed by atoms with E-state index in [1.807, 2.05) is 6.07 Å². The molecule has 2 aromatic rings. The quantitative estimate of drug-likeness (QED) is 0.510. The monoisotopic (exact) mass is 413 g/mol. The molecule has 4 nitrogen and oxygen atoms in total. The minimum Gasteiger partial charge on any atom is -0.456 e. The van der Waals surface area contributed by atoms with Gasteiger partial charge in [-0.15, -0.1) is 11.8 Å². The van der Waals surface area contributed by atoms with Crippen LogP contribution in [0, 0.1) is 11.6 Å². The summed E-state index contributed by atoms with van der Waals surface area (Å²) in [7, 11) is 0. The van der Waals surface area contributed by atoms with Gasteiger partial charge in [0.05, 0.1) is 12.5 Å². The largest absolute Gasteiger partial charge is 0.456 e. The molecular weight excluding hydrogens is 396 g/mol. The molecule has 0 fully saturated rings. The smallest absolute Gasteiger partial charge is 0.307 e. The molecule has 0 unspecified atom stereocenters. The van der Waals surface area contributed by atoms with E-state index in [2.05, 4.69) is 5.32 Å². The number of ether oxygens (including phenoxy) is 1. The van der Waals surface area contributed by atoms with E-state index in [-0.39, 0.29) is 19.1 Å². The van der Waals surface area contributed by atoms with Crippen molar-refractivity contribution in [2.75, 3.05) is 12.4 Å². The Morgan fingerprint density at radius 1 is 1.19 bits per heavy atom. The lowest BCUT2D eigenvalue weighted by atomic mass is 10.1. The molecule has 0 saturated carbocycles. The Labute approximate surface area is 165 Å². The number of benzene rings is 2. The van der Waals surface area contributed by atoms with Gasteiger partial charge in [-0.3, -0.25) is 9.59 Å². The van der Waals surface area contributed by atoms with Crippen LogP contribution in [0.15, 0.2) is 47.4 Å². The van der Waals surface area contributed by atoms with Gasteiger partial charge in [-0.1, -0.05) is 23.7 Å². The minimum absolute atomic E-state index is 0.0424. The minimum atomic E-state index is -0.937. The molecule has 2 aromatic carbocycles. The van der Waals surface area contributed by atoms with Crippen molar-refractivity contribution in [1.82, 2.24) is 5.32 Å². The van der Waals surface area contributed by atoms with Crippen LogP contribution >= 0.6 is 23.4 Å². The molecule has 0 aromatic heterocycles. The first-order valence-corrected chi connectivity index (χ1v) is 9.50. The highest BCUT2D eigenvalue weighted by Gasteiger charge is 2.12. The van der Waals surface area contributed by atoms with Crippen molar-refractivity contribution in [3.8, 4) is 0 Å². The second-order valence-electron chi connectivity index (χ2n) is 5.68. The SMILES string of the molecule is C[C@@H](NC(=O)COC(=O)CCSc1ccc(F)c(F)c1)c1cccc(Cl)c1. The van der Waals surface area contributed by atoms with Crippen LogP contribution < -0.4 is 5.32 Å². The van der Waals surface area contributed by atoms with Gasteiger partial charge in [-0.05, 0) is 42.8 Å². The second kappa shape index (κ2) is 10.3. The van der Waals surface area contributed by atoms with E-state index in [0.717, 1.165) is 17.7 Å². The van der Waals surface area contributed by atoms with Gasteiger partial charge >= 0.3 is 5.97 Å². The molecule has 144 valence electrons. The molecule has 1 amide bonds. The van der Waals surface area contributed by atoms with Gasteiger partial charge in [-0.25, -0.2) is 8.78 Å². The highest BCUT2D eigenvalue weighted by atomic mass is 35.5. The van der Waals surface area contributed by atoms with Crippen LogP contribution in [-0.4, -0.2) is 24.2 Å². The molecule has 2 rings (SSSR count). The molecule has 0 saturated heterocycles. The van der Waals surface area contributed by atoms with E-state index in [1.54, 1.807) is 25.1 Å². The second-order valence-corrected chi connectivity index (χ2v) is 7.28. The Bertz CT molecular complexity index is 819. The molecule has 27 heavy (non-hydrogen) atoms. The zero-order valence-electron chi connectivity index (χ0n) is 14.5. The van der Waals surface area contributed by atoms with E-state index in [1.165, 1.54) is 17.8 Å². The van der Waals surface area contributed by atoms with Gasteiger partial charge in [0.25, 0.3) is 5.91 Å². The van der Waals surface area contributed by atoms with Crippen molar-refractivity contribution in [2.45, 2.75) is 24.3 Å². The predicted octanol–water partition coefficient (Wildman–Crippen LogP) is 4.52. The van der Waals surface area contributed by atoms with E-state index >= 15 is 0 Å². The maximum atomic E-state index is 13.1. The molecule has 1 N–H and O–H groups in total. The number of amides is 1. The van der Waals surface area contributed by atoms with Gasteiger partial charge in [0.2, 0.25) is 0 Å². The highest BCUT2D eigenvalue weighted by Crippen LogP contribution is 2.21. The highest BCUT2D eigenvalue weighted by molar-refractivity contribution is 7.99. The third-order valence-electron chi connectivity index (χ3n) is 3.56. The first-order valence-electron chi connectivity index (χ1n) is 8.13. The van der Waals surface area contributed by atoms with Crippen LogP contribution in [0.25, 0.3) is 0 Å². The maximum absolute atomic E-state index is 13.1. The van der Waals surface area contributed by atoms with Gasteiger partial charge in [0.1, 0.15) is 0 Å². The van der Waals surface area contributed by atoms with Crippen molar-refractivity contribution in [3.63, 3.8) is 0 Å². The fourth-order valence-corrected chi connectivity index (χ4v) is 3.23. The molecule has 0 radical (unpaired) electrons. The number of thioether (sulfide) groups is 1. The van der Waals surface area contributed by atoms with Crippen LogP contribution in [0.2, 0.25) is 5.02 Å². The Kier molecular flexibility index (Phi) is 8.06. The number of nitrogens with one attached hydrogen (secondary N) is 1. The fraction of sp³-hybridized carbons (Fsp3) is 0.263. The number of esters is 1. The van der Waals surface area contributed by atoms with Crippen LogP contribution in [-0.2, 0) is 14.3 Å². The van der Waals surface area contributed by atoms with Crippen molar-refractivity contribution < 1.29 is 23.1 Å². The van der Waals surface area contributed by atoms with Crippen molar-refractivity contribution in [3.05, 3.63) is 64.7 Å². The Morgan fingerprint density at radius 3 is 2.67 bits per heavy atom. The summed E-state index contributed by atoms with van der Waals surface area (Å²) in [6, 6.07) is 10.3. The van der Waals surface area contributed by atoms with Gasteiger partial charge < -0.3 is 10.1 Å². The van der Waals surface area contributed by atoms with Gasteiger partial charge in [0, 0.05) is 15.7 Å². The molecule has 0 aliphatic rings. The third kappa shape index (κ3) is 7.19. The molecule has 0 bridgehead atoms. The summed E-state index contributed by atoms with van der Waals surface area (Å²) >= 11 is 7.11. The van der Waals surface area contributed by atoms with Crippen LogP contribution in [0.4, 0.5) is 8.78 Å². The molecule has 0 aliphatic heterocycles. The number of rotatable bonds is 8. The molecular formula is C19H18ClF2NO3S. The van der Waals surface area contributed by atoms with Crippen molar-refractivity contribution in [2.24, 2.45) is 0 Å². The normalized spacial score (nSPS) is 11.7. The third-order valence-corrected chi connectivity index (χ3v) is 4.79. The summed E-state index contributed by atoms with van der Waals surface area (Å²) in [6.45, 7) is 1.41. The molecule has 0 aliphatic carbocycles. The molecule has 0 heterocycles. The Hall–Kier alpha value is -2.12. The first kappa shape index (κ1) is 21.2. The molecule has 0 spiro atoms. The summed E-state index contributed by atoms with van der Waals surface area (Å²) < 4.78 is 30.9. The standard InChI is InChI=1S/C19H18ClF2NO3S/c1-12(13-3-2-4-14(20)9-13)23-18(24)11-26-19(25)7-8-27-15-5-6-16(21)17(22)10-15/h2-6,9-10,12H,7-8,11H2,1H3,(H,23,24)/t12-/m1/s1. The summed E-state index contributed by atoms with van der Waals surface area (Å²) in [5.74, 6) is -2.51. The van der Waals surface area contributed by atoms with E-state index < -0.39 is 23.5 Å². The Balaban J connectivity index is 1.68. The summed E-state index contributed by atoms with van der Waals surface area (Å²) in [6.07, 6.45) is 0.0424. The van der Waals surface area contributed by atoms with E-state index in [4.69, 9.17) is 16.3 Å². The zero-order valence-corrected chi connectivity index (χ0v) is 16.1. The lowest BCUT2D eigenvalue weighted by Gasteiger charge is -2.14. The van der Waals surface area contributed by atoms with Crippen molar-refractivity contribution >= 4 is 35.2 Å². The zero-order chi connectivity index (χ0) is 19.8. The van der Waals surface area contributed by atoms with Crippen LogP contribution in [0.3, 0.4) is 0 Å². The lowest BCUT2D eigenvalue weighted by Crippen LogP contribution is -2.31. The number of carbonyl (C=O) groups excluding carboxylic acids is 2. The lowest BCUT2D eigenvalue weighted by molar-refractivity contribution is -0.148. The molecule has 8 heteroatoms. The number of halogens is 3. The van der Waals surface area contributed by atoms with Crippen LogP contribution in [0.5, 0.6) is 0 Å². The van der Waals surface area contributed by atoms with Gasteiger partial charge in [0.15, 0.2) is 18.2 Å². The summed E-state index contributed by atoms with van der Waals surface area (Å²) in [5.41, 5.74) is 0.838. The first-order chi connectivity index (χ1) is 12.8. The average molecular weight is 414 g/mol. The topological polar surface area (TPSA) is 55.4 Å². The van der Waals surface area contributed by atoms with Gasteiger partial charge in [-0.2, -0.15) is 0 Å². The van der Waals surface area contributed by atoms with Crippen molar-refractivity contribution in [1.29, 1.82) is 0 Å². The predicted molar refractivity (Wildman–Crippen MR) is 101 cm³/mol. The maximum Gasteiger partial charge on any atom is 0.307 e. The average Bonchev–Trinajstić information content (AvgIpc) is 2.63. The van der Waals surface area contributed by atoms with Crippen LogP contribution in [0.1, 0.15) is 24.9 Å². The Morgan fingerprint density at radius 2 is 1.96 bits per heavy atom. The number of carbonyl (C=O) groups is 2. The van der Waals surface area contributed by atoms with E-state index in [0.29, 0.717) is 15.7 Å². The van der Waals surface area contributed by atoms with E-state index in [9.17, 15) is 18.4 Å². The molecule has 1 atom stereocenters. The summed E-state index contributed by atoms with van der Waals surface area (Å²) in [4.78, 5) is 24.1. The number of hydrogen-bond acceptors (Lipinski definition) is 4.